The van der Waals surface area contributed by atoms with Crippen LogP contribution in [0, 0.1) is 0 Å². The third kappa shape index (κ3) is 3.76. The van der Waals surface area contributed by atoms with Crippen molar-refractivity contribution in [1.82, 2.24) is 24.5 Å². The molecule has 2 aromatic carbocycles. The highest BCUT2D eigenvalue weighted by atomic mass is 16.5. The summed E-state index contributed by atoms with van der Waals surface area (Å²) < 4.78 is 7.46. The van der Waals surface area contributed by atoms with Crippen molar-refractivity contribution in [3.8, 4) is 17.1 Å². The summed E-state index contributed by atoms with van der Waals surface area (Å²) >= 11 is 0. The molecule has 0 spiro atoms. The lowest BCUT2D eigenvalue weighted by Crippen LogP contribution is -2.18. The number of rotatable bonds is 6. The van der Waals surface area contributed by atoms with Gasteiger partial charge in [-0.1, -0.05) is 24.3 Å². The zero-order valence-electron chi connectivity index (χ0n) is 17.8. The van der Waals surface area contributed by atoms with Crippen LogP contribution >= 0.6 is 0 Å². The number of ether oxygens (including phenoxy) is 1. The lowest BCUT2D eigenvalue weighted by Gasteiger charge is -2.21. The van der Waals surface area contributed by atoms with Gasteiger partial charge in [0.2, 0.25) is 0 Å². The lowest BCUT2D eigenvalue weighted by atomic mass is 10.1. The monoisotopic (exact) mass is 422 g/mol. The number of aromatic nitrogens is 5. The van der Waals surface area contributed by atoms with Gasteiger partial charge >= 0.3 is 0 Å². The Morgan fingerprint density at radius 3 is 2.66 bits per heavy atom. The van der Waals surface area contributed by atoms with Crippen LogP contribution < -0.4 is 10.1 Å². The van der Waals surface area contributed by atoms with Gasteiger partial charge in [-0.3, -0.25) is 4.98 Å². The molecule has 5 rings (SSSR count). The molecule has 1 N–H and O–H groups in total. The number of para-hydroxylation sites is 1. The first kappa shape index (κ1) is 19.7. The first-order valence-electron chi connectivity index (χ1n) is 10.3. The maximum atomic E-state index is 5.46. The van der Waals surface area contributed by atoms with Gasteiger partial charge in [-0.2, -0.15) is 0 Å². The van der Waals surface area contributed by atoms with Crippen LogP contribution in [0.5, 0.6) is 5.75 Å². The summed E-state index contributed by atoms with van der Waals surface area (Å²) in [5.41, 5.74) is 2.73. The summed E-state index contributed by atoms with van der Waals surface area (Å²) in [6, 6.07) is 19.5. The minimum atomic E-state index is -0.245. The first-order chi connectivity index (χ1) is 15.7. The zero-order valence-corrected chi connectivity index (χ0v) is 17.8. The van der Waals surface area contributed by atoms with Gasteiger partial charge in [-0.05, 0) is 42.0 Å². The van der Waals surface area contributed by atoms with E-state index in [2.05, 4.69) is 21.4 Å². The molecule has 0 fully saturated rings. The number of methoxy groups -OCH3 is 1. The molecule has 0 unspecified atom stereocenters. The summed E-state index contributed by atoms with van der Waals surface area (Å²) in [7, 11) is 3.65. The van der Waals surface area contributed by atoms with Gasteiger partial charge in [0, 0.05) is 42.8 Å². The average molecular weight is 422 g/mol. The van der Waals surface area contributed by atoms with E-state index in [-0.39, 0.29) is 6.04 Å². The van der Waals surface area contributed by atoms with Crippen molar-refractivity contribution in [2.45, 2.75) is 6.04 Å². The molecule has 0 saturated heterocycles. The van der Waals surface area contributed by atoms with Crippen molar-refractivity contribution in [2.24, 2.45) is 7.05 Å². The number of anilines is 1. The maximum Gasteiger partial charge on any atom is 0.163 e. The van der Waals surface area contributed by atoms with E-state index in [4.69, 9.17) is 14.7 Å². The molecule has 0 aliphatic carbocycles. The molecule has 3 heterocycles. The fourth-order valence-electron chi connectivity index (χ4n) is 3.72. The summed E-state index contributed by atoms with van der Waals surface area (Å²) in [5, 5.41) is 4.57. The Hall–Kier alpha value is -4.26. The maximum absolute atomic E-state index is 5.46. The molecule has 0 aliphatic heterocycles. The van der Waals surface area contributed by atoms with E-state index >= 15 is 0 Å². The Labute approximate surface area is 185 Å². The Balaban J connectivity index is 1.66. The van der Waals surface area contributed by atoms with Crippen molar-refractivity contribution in [1.29, 1.82) is 0 Å². The predicted octanol–water partition coefficient (Wildman–Crippen LogP) is 4.64. The number of aryl methyl sites for hydroxylation is 1. The van der Waals surface area contributed by atoms with Crippen molar-refractivity contribution < 1.29 is 4.74 Å². The van der Waals surface area contributed by atoms with Crippen molar-refractivity contribution >= 4 is 16.7 Å². The van der Waals surface area contributed by atoms with Gasteiger partial charge < -0.3 is 14.6 Å². The molecule has 1 atom stereocenters. The largest absolute Gasteiger partial charge is 0.497 e. The van der Waals surface area contributed by atoms with Gasteiger partial charge in [0.05, 0.1) is 12.6 Å². The second-order valence-electron chi connectivity index (χ2n) is 7.40. The third-order valence-corrected chi connectivity index (χ3v) is 5.35. The van der Waals surface area contributed by atoms with Gasteiger partial charge in [0.15, 0.2) is 5.82 Å². The number of imidazole rings is 1. The van der Waals surface area contributed by atoms with E-state index in [1.807, 2.05) is 72.4 Å². The Morgan fingerprint density at radius 1 is 0.969 bits per heavy atom. The summed E-state index contributed by atoms with van der Waals surface area (Å²) in [6.45, 7) is 0. The van der Waals surface area contributed by atoms with Gasteiger partial charge in [-0.25, -0.2) is 15.0 Å². The van der Waals surface area contributed by atoms with Crippen LogP contribution in [-0.4, -0.2) is 31.6 Å². The smallest absolute Gasteiger partial charge is 0.163 e. The van der Waals surface area contributed by atoms with E-state index in [0.717, 1.165) is 39.4 Å². The Bertz CT molecular complexity index is 1370. The van der Waals surface area contributed by atoms with Crippen molar-refractivity contribution in [3.63, 3.8) is 0 Å². The summed E-state index contributed by atoms with van der Waals surface area (Å²) in [5.74, 6) is 2.99. The fourth-order valence-corrected chi connectivity index (χ4v) is 3.72. The summed E-state index contributed by atoms with van der Waals surface area (Å²) in [6.07, 6.45) is 7.24. The predicted molar refractivity (Wildman–Crippen MR) is 124 cm³/mol. The van der Waals surface area contributed by atoms with Crippen LogP contribution in [0.2, 0.25) is 0 Å². The summed E-state index contributed by atoms with van der Waals surface area (Å²) in [4.78, 5) is 18.5. The third-order valence-electron chi connectivity index (χ3n) is 5.35. The van der Waals surface area contributed by atoms with Crippen molar-refractivity contribution in [2.75, 3.05) is 12.4 Å². The number of hydrogen-bond acceptors (Lipinski definition) is 6. The molecular weight excluding hydrogens is 400 g/mol. The molecular formula is C25H22N6O. The van der Waals surface area contributed by atoms with E-state index < -0.39 is 0 Å². The number of nitrogens with zero attached hydrogens (tertiary/aromatic N) is 5. The first-order valence-corrected chi connectivity index (χ1v) is 10.3. The zero-order chi connectivity index (χ0) is 21.9. The molecule has 158 valence electrons. The highest BCUT2D eigenvalue weighted by molar-refractivity contribution is 5.90. The van der Waals surface area contributed by atoms with E-state index in [1.54, 1.807) is 25.7 Å². The van der Waals surface area contributed by atoms with Crippen LogP contribution in [0.25, 0.3) is 22.3 Å². The number of pyridine rings is 1. The van der Waals surface area contributed by atoms with Crippen molar-refractivity contribution in [3.05, 3.63) is 96.8 Å². The van der Waals surface area contributed by atoms with Crippen LogP contribution in [0.1, 0.15) is 17.4 Å². The Morgan fingerprint density at radius 2 is 1.88 bits per heavy atom. The van der Waals surface area contributed by atoms with E-state index in [9.17, 15) is 0 Å². The fraction of sp³-hybridized carbons (Fsp3) is 0.120. The lowest BCUT2D eigenvalue weighted by molar-refractivity contribution is 0.414. The molecule has 5 aromatic rings. The molecule has 0 bridgehead atoms. The van der Waals surface area contributed by atoms with Crippen LogP contribution in [0.15, 0.2) is 85.5 Å². The van der Waals surface area contributed by atoms with Crippen LogP contribution in [0.4, 0.5) is 5.82 Å². The number of hydrogen-bond donors (Lipinski definition) is 1. The molecule has 7 heteroatoms. The highest BCUT2D eigenvalue weighted by Crippen LogP contribution is 2.31. The minimum absolute atomic E-state index is 0.245. The Kier molecular flexibility index (Phi) is 5.21. The second kappa shape index (κ2) is 8.47. The molecule has 7 nitrogen and oxygen atoms in total. The van der Waals surface area contributed by atoms with Gasteiger partial charge in [0.1, 0.15) is 23.4 Å². The molecule has 3 aromatic heterocycles. The standard InChI is InChI=1S/C25H22N6O/c1-31-14-13-27-25(31)22(17-7-5-9-19(15-17)32-2)29-24-20-10-3-4-11-21(20)28-23(30-24)18-8-6-12-26-16-18/h3-16,22H,1-2H3,(H,28,29,30)/t22-/m0/s1. The molecule has 0 amide bonds. The molecule has 0 saturated carbocycles. The normalized spacial score (nSPS) is 11.9. The molecule has 0 aliphatic rings. The highest BCUT2D eigenvalue weighted by Gasteiger charge is 2.21. The SMILES string of the molecule is COc1cccc([C@H](Nc2nc(-c3cccnc3)nc3ccccc23)c2nccn2C)c1. The molecule has 32 heavy (non-hydrogen) atoms. The average Bonchev–Trinajstić information content (AvgIpc) is 3.28. The second-order valence-corrected chi connectivity index (χ2v) is 7.40. The van der Waals surface area contributed by atoms with Gasteiger partial charge in [-0.15, -0.1) is 0 Å². The number of nitrogens with one attached hydrogen (secondary N) is 1. The quantitative estimate of drug-likeness (QED) is 0.430. The van der Waals surface area contributed by atoms with Gasteiger partial charge in [0.25, 0.3) is 0 Å². The number of benzene rings is 2. The minimum Gasteiger partial charge on any atom is -0.497 e. The van der Waals surface area contributed by atoms with E-state index in [0.29, 0.717) is 5.82 Å². The molecule has 0 radical (unpaired) electrons. The van der Waals surface area contributed by atoms with E-state index in [1.165, 1.54) is 0 Å². The van der Waals surface area contributed by atoms with Crippen LogP contribution in [-0.2, 0) is 7.05 Å². The topological polar surface area (TPSA) is 77.8 Å². The van der Waals surface area contributed by atoms with Crippen LogP contribution in [0.3, 0.4) is 0 Å². The number of fused-ring (bicyclic) bond motifs is 1.